The van der Waals surface area contributed by atoms with Crippen molar-refractivity contribution < 1.29 is 28.6 Å². The number of ether oxygens (including phenoxy) is 3. The molecule has 0 spiro atoms. The maximum Gasteiger partial charge on any atom is 0.306 e. The molecule has 0 aromatic rings. The van der Waals surface area contributed by atoms with Gasteiger partial charge in [0.1, 0.15) is 13.2 Å². The van der Waals surface area contributed by atoms with Gasteiger partial charge >= 0.3 is 17.9 Å². The maximum absolute atomic E-state index is 12.9. The second kappa shape index (κ2) is 69.1. The van der Waals surface area contributed by atoms with E-state index < -0.39 is 6.10 Å². The van der Waals surface area contributed by atoms with E-state index in [1.54, 1.807) is 0 Å². The van der Waals surface area contributed by atoms with Crippen LogP contribution in [0.1, 0.15) is 355 Å². The molecule has 0 saturated carbocycles. The van der Waals surface area contributed by atoms with E-state index in [1.807, 2.05) is 0 Å². The zero-order chi connectivity index (χ0) is 58.5. The zero-order valence-corrected chi connectivity index (χ0v) is 53.8. The Kier molecular flexibility index (Phi) is 66.2. The second-order valence-electron chi connectivity index (χ2n) is 23.4. The van der Waals surface area contributed by atoms with Crippen LogP contribution in [0.5, 0.6) is 0 Å². The molecule has 0 amide bonds. The van der Waals surface area contributed by atoms with Crippen LogP contribution >= 0.6 is 0 Å². The molecule has 81 heavy (non-hydrogen) atoms. The quantitative estimate of drug-likeness (QED) is 0.0261. The number of esters is 3. The lowest BCUT2D eigenvalue weighted by Gasteiger charge is -2.18. The average molecular weight is 1130 g/mol. The molecule has 468 valence electrons. The van der Waals surface area contributed by atoms with Crippen LogP contribution in [-0.2, 0) is 28.6 Å². The molecule has 0 bridgehead atoms. The lowest BCUT2D eigenvalue weighted by Crippen LogP contribution is -2.30. The summed E-state index contributed by atoms with van der Waals surface area (Å²) in [5, 5.41) is 0. The molecule has 0 rings (SSSR count). The predicted octanol–water partition coefficient (Wildman–Crippen LogP) is 24.2. The number of hydrogen-bond acceptors (Lipinski definition) is 6. The van der Waals surface area contributed by atoms with Gasteiger partial charge < -0.3 is 14.2 Å². The molecular weight excluding hydrogens is 997 g/mol. The topological polar surface area (TPSA) is 78.9 Å². The number of rotatable bonds is 64. The third kappa shape index (κ3) is 67.3. The fraction of sp³-hybridized carbons (Fsp3) is 0.773. The number of unbranched alkanes of at least 4 members (excludes halogenated alkanes) is 39. The Morgan fingerprint density at radius 2 is 0.481 bits per heavy atom. The number of carbonyl (C=O) groups excluding carboxylic acids is 3. The van der Waals surface area contributed by atoms with Crippen LogP contribution in [0.2, 0.25) is 0 Å². The van der Waals surface area contributed by atoms with Crippen molar-refractivity contribution in [2.45, 2.75) is 361 Å². The summed E-state index contributed by atoms with van der Waals surface area (Å²) in [5.41, 5.74) is 0. The smallest absolute Gasteiger partial charge is 0.306 e. The van der Waals surface area contributed by atoms with Crippen LogP contribution < -0.4 is 0 Å². The van der Waals surface area contributed by atoms with Gasteiger partial charge in [-0.15, -0.1) is 0 Å². The van der Waals surface area contributed by atoms with Gasteiger partial charge in [0.2, 0.25) is 0 Å². The summed E-state index contributed by atoms with van der Waals surface area (Å²) < 4.78 is 16.9. The summed E-state index contributed by atoms with van der Waals surface area (Å²) in [7, 11) is 0. The Bertz CT molecular complexity index is 1530. The number of carbonyl (C=O) groups is 3. The third-order valence-corrected chi connectivity index (χ3v) is 15.4. The van der Waals surface area contributed by atoms with Gasteiger partial charge in [-0.05, 0) is 77.0 Å². The highest BCUT2D eigenvalue weighted by Crippen LogP contribution is 2.18. The van der Waals surface area contributed by atoms with E-state index in [2.05, 4.69) is 106 Å². The van der Waals surface area contributed by atoms with Crippen LogP contribution in [0.15, 0.2) is 85.1 Å². The monoisotopic (exact) mass is 1130 g/mol. The third-order valence-electron chi connectivity index (χ3n) is 15.4. The van der Waals surface area contributed by atoms with Gasteiger partial charge in [-0.1, -0.05) is 343 Å². The van der Waals surface area contributed by atoms with Crippen molar-refractivity contribution in [3.8, 4) is 0 Å². The fourth-order valence-corrected chi connectivity index (χ4v) is 10.2. The molecule has 1 atom stereocenters. The van der Waals surface area contributed by atoms with E-state index in [9.17, 15) is 14.4 Å². The lowest BCUT2D eigenvalue weighted by molar-refractivity contribution is -0.167. The van der Waals surface area contributed by atoms with Crippen molar-refractivity contribution >= 4 is 17.9 Å². The number of allylic oxidation sites excluding steroid dienone is 14. The maximum atomic E-state index is 12.9. The highest BCUT2D eigenvalue weighted by Gasteiger charge is 2.19. The molecule has 6 heteroatoms. The first-order chi connectivity index (χ1) is 40.0. The molecule has 0 heterocycles. The summed E-state index contributed by atoms with van der Waals surface area (Å²) in [6.45, 7) is 6.53. The highest BCUT2D eigenvalue weighted by molar-refractivity contribution is 5.71. The molecule has 0 aliphatic heterocycles. The molecule has 6 nitrogen and oxygen atoms in total. The van der Waals surface area contributed by atoms with Gasteiger partial charge in [0.15, 0.2) is 6.10 Å². The molecule has 0 aromatic carbocycles. The summed E-state index contributed by atoms with van der Waals surface area (Å²) in [4.78, 5) is 38.3. The minimum Gasteiger partial charge on any atom is -0.462 e. The van der Waals surface area contributed by atoms with E-state index in [0.29, 0.717) is 19.3 Å². The van der Waals surface area contributed by atoms with E-state index in [-0.39, 0.29) is 31.1 Å². The van der Waals surface area contributed by atoms with Crippen molar-refractivity contribution in [3.63, 3.8) is 0 Å². The Balaban J connectivity index is 4.19. The summed E-state index contributed by atoms with van der Waals surface area (Å²) in [6.07, 6.45) is 92.1. The normalized spacial score (nSPS) is 12.6. The Hall–Kier alpha value is -3.41. The van der Waals surface area contributed by atoms with Crippen molar-refractivity contribution in [3.05, 3.63) is 85.1 Å². The molecule has 1 unspecified atom stereocenters. The van der Waals surface area contributed by atoms with E-state index in [1.165, 1.54) is 205 Å². The minimum atomic E-state index is -0.793. The summed E-state index contributed by atoms with van der Waals surface area (Å²) in [6, 6.07) is 0. The number of hydrogen-bond donors (Lipinski definition) is 0. The van der Waals surface area contributed by atoms with Crippen LogP contribution in [0, 0.1) is 0 Å². The second-order valence-corrected chi connectivity index (χ2v) is 23.4. The van der Waals surface area contributed by atoms with Crippen molar-refractivity contribution in [1.82, 2.24) is 0 Å². The zero-order valence-electron chi connectivity index (χ0n) is 53.8. The van der Waals surface area contributed by atoms with Crippen LogP contribution in [0.25, 0.3) is 0 Å². The standard InChI is InChI=1S/C75H132O6/c1-4-7-10-13-16-19-21-23-25-27-29-31-33-35-36-37-38-40-41-43-45-47-49-51-53-56-59-62-65-68-74(77)80-71-72(70-79-73(76)67-64-61-58-55-18-15-12-9-6-3)81-75(78)69-66-63-60-57-54-52-50-48-46-44-42-39-34-32-30-28-26-24-22-20-17-14-11-8-5-2/h8,11,17,20,24,26,30,32,39,42,46,48,52,54,72H,4-7,9-10,12-16,18-19,21-23,25,27-29,31,33-38,40-41,43-45,47,49-51,53,55-71H2,1-3H3/b11-8-,20-17-,26-24-,32-30-,42-39-,48-46-,54-52-. The molecule has 0 radical (unpaired) electrons. The Morgan fingerprint density at radius 3 is 0.753 bits per heavy atom. The first-order valence-electron chi connectivity index (χ1n) is 35.1. The van der Waals surface area contributed by atoms with E-state index in [0.717, 1.165) is 109 Å². The minimum absolute atomic E-state index is 0.0863. The molecule has 0 N–H and O–H groups in total. The fourth-order valence-electron chi connectivity index (χ4n) is 10.2. The molecular formula is C75H132O6. The van der Waals surface area contributed by atoms with Gasteiger partial charge in [-0.25, -0.2) is 0 Å². The van der Waals surface area contributed by atoms with Gasteiger partial charge in [0.25, 0.3) is 0 Å². The van der Waals surface area contributed by atoms with E-state index in [4.69, 9.17) is 14.2 Å². The van der Waals surface area contributed by atoms with Gasteiger partial charge in [-0.3, -0.25) is 14.4 Å². The highest BCUT2D eigenvalue weighted by atomic mass is 16.6. The molecule has 0 aliphatic rings. The average Bonchev–Trinajstić information content (AvgIpc) is 3.47. The SMILES string of the molecule is CC/C=C\C/C=C\C/C=C\C/C=C\C/C=C\C/C=C\C/C=C\CCCCCC(=O)OC(COC(=O)CCCCCCCCCCC)COC(=O)CCCCCCCCCCCCCCCCCCCCCCCCCCCCCCC. The van der Waals surface area contributed by atoms with E-state index >= 15 is 0 Å². The summed E-state index contributed by atoms with van der Waals surface area (Å²) >= 11 is 0. The molecule has 0 aliphatic carbocycles. The first-order valence-corrected chi connectivity index (χ1v) is 35.1. The Morgan fingerprint density at radius 1 is 0.259 bits per heavy atom. The van der Waals surface area contributed by atoms with Crippen LogP contribution in [0.4, 0.5) is 0 Å². The van der Waals surface area contributed by atoms with Crippen LogP contribution in [0.3, 0.4) is 0 Å². The van der Waals surface area contributed by atoms with Gasteiger partial charge in [-0.2, -0.15) is 0 Å². The first kappa shape index (κ1) is 77.6. The predicted molar refractivity (Wildman–Crippen MR) is 353 cm³/mol. The molecule has 0 fully saturated rings. The van der Waals surface area contributed by atoms with Crippen molar-refractivity contribution in [1.29, 1.82) is 0 Å². The van der Waals surface area contributed by atoms with Gasteiger partial charge in [0.05, 0.1) is 0 Å². The Labute approximate surface area is 503 Å². The van der Waals surface area contributed by atoms with Crippen molar-refractivity contribution in [2.24, 2.45) is 0 Å². The summed E-state index contributed by atoms with van der Waals surface area (Å²) in [5.74, 6) is -0.906. The largest absolute Gasteiger partial charge is 0.462 e. The van der Waals surface area contributed by atoms with Crippen LogP contribution in [-0.4, -0.2) is 37.2 Å². The lowest BCUT2D eigenvalue weighted by atomic mass is 10.0. The van der Waals surface area contributed by atoms with Gasteiger partial charge in [0, 0.05) is 19.3 Å². The molecule has 0 aromatic heterocycles. The molecule has 0 saturated heterocycles. The van der Waals surface area contributed by atoms with Crippen molar-refractivity contribution in [2.75, 3.05) is 13.2 Å².